The lowest BCUT2D eigenvalue weighted by molar-refractivity contribution is 0.0683. The SMILES string of the molecule is COc1nc(C(=O)O)nc2c1[nH]c1ccc(CN(C)C)cc12. The fraction of sp³-hybridized carbons (Fsp3) is 0.267. The van der Waals surface area contributed by atoms with E-state index in [-0.39, 0.29) is 11.7 Å². The van der Waals surface area contributed by atoms with Crippen LogP contribution in [0.15, 0.2) is 18.2 Å². The molecule has 0 unspecified atom stereocenters. The lowest BCUT2D eigenvalue weighted by Gasteiger charge is -2.09. The molecule has 0 aliphatic carbocycles. The smallest absolute Gasteiger partial charge is 0.374 e. The van der Waals surface area contributed by atoms with Crippen molar-refractivity contribution < 1.29 is 14.6 Å². The first-order chi connectivity index (χ1) is 10.5. The van der Waals surface area contributed by atoms with Gasteiger partial charge in [0.25, 0.3) is 0 Å². The van der Waals surface area contributed by atoms with E-state index >= 15 is 0 Å². The maximum atomic E-state index is 11.2. The number of hydrogen-bond acceptors (Lipinski definition) is 5. The molecule has 0 saturated heterocycles. The average Bonchev–Trinajstić information content (AvgIpc) is 2.83. The van der Waals surface area contributed by atoms with E-state index in [0.29, 0.717) is 11.0 Å². The molecule has 0 fully saturated rings. The van der Waals surface area contributed by atoms with Gasteiger partial charge in [0, 0.05) is 17.4 Å². The van der Waals surface area contributed by atoms with Crippen LogP contribution in [0.1, 0.15) is 16.2 Å². The van der Waals surface area contributed by atoms with Crippen LogP contribution in [0.4, 0.5) is 0 Å². The molecular weight excluding hydrogens is 284 g/mol. The molecule has 0 amide bonds. The van der Waals surface area contributed by atoms with Gasteiger partial charge in [0.15, 0.2) is 0 Å². The van der Waals surface area contributed by atoms with Crippen LogP contribution in [-0.2, 0) is 6.54 Å². The molecule has 1 aromatic carbocycles. The molecular formula is C15H16N4O3. The molecule has 0 spiro atoms. The molecule has 2 aromatic heterocycles. The van der Waals surface area contributed by atoms with Gasteiger partial charge in [-0.25, -0.2) is 9.78 Å². The van der Waals surface area contributed by atoms with E-state index in [9.17, 15) is 4.79 Å². The zero-order chi connectivity index (χ0) is 15.9. The molecule has 7 heteroatoms. The molecule has 114 valence electrons. The van der Waals surface area contributed by atoms with Gasteiger partial charge in [-0.05, 0) is 31.8 Å². The molecule has 2 N–H and O–H groups in total. The summed E-state index contributed by atoms with van der Waals surface area (Å²) in [6, 6.07) is 5.98. The van der Waals surface area contributed by atoms with Crippen LogP contribution in [0, 0.1) is 0 Å². The van der Waals surface area contributed by atoms with Crippen LogP contribution in [0.5, 0.6) is 5.88 Å². The summed E-state index contributed by atoms with van der Waals surface area (Å²) in [5, 5.41) is 10.0. The van der Waals surface area contributed by atoms with Crippen molar-refractivity contribution in [3.63, 3.8) is 0 Å². The third-order valence-electron chi connectivity index (χ3n) is 3.36. The van der Waals surface area contributed by atoms with Crippen LogP contribution in [0.3, 0.4) is 0 Å². The van der Waals surface area contributed by atoms with Crippen molar-refractivity contribution in [2.24, 2.45) is 0 Å². The highest BCUT2D eigenvalue weighted by Gasteiger charge is 2.17. The Hall–Kier alpha value is -2.67. The van der Waals surface area contributed by atoms with Crippen molar-refractivity contribution >= 4 is 27.9 Å². The summed E-state index contributed by atoms with van der Waals surface area (Å²) in [6.07, 6.45) is 0. The quantitative estimate of drug-likeness (QED) is 0.764. The minimum Gasteiger partial charge on any atom is -0.479 e. The molecule has 22 heavy (non-hydrogen) atoms. The number of aromatic nitrogens is 3. The van der Waals surface area contributed by atoms with Crippen LogP contribution in [0.25, 0.3) is 21.9 Å². The summed E-state index contributed by atoms with van der Waals surface area (Å²) in [7, 11) is 5.44. The number of methoxy groups -OCH3 is 1. The number of carbonyl (C=O) groups is 1. The Bertz CT molecular complexity index is 870. The monoisotopic (exact) mass is 300 g/mol. The van der Waals surface area contributed by atoms with Crippen molar-refractivity contribution in [2.45, 2.75) is 6.54 Å². The van der Waals surface area contributed by atoms with E-state index in [1.165, 1.54) is 7.11 Å². The number of carboxylic acid groups (broad SMARTS) is 1. The number of hydrogen-bond donors (Lipinski definition) is 2. The average molecular weight is 300 g/mol. The number of nitrogens with zero attached hydrogens (tertiary/aromatic N) is 3. The van der Waals surface area contributed by atoms with Gasteiger partial charge in [-0.3, -0.25) is 0 Å². The van der Waals surface area contributed by atoms with Crippen molar-refractivity contribution in [3.8, 4) is 5.88 Å². The van der Waals surface area contributed by atoms with Crippen molar-refractivity contribution in [2.75, 3.05) is 21.2 Å². The molecule has 2 heterocycles. The molecule has 0 atom stereocenters. The topological polar surface area (TPSA) is 91.3 Å². The normalized spacial score (nSPS) is 11.5. The predicted octanol–water partition coefficient (Wildman–Crippen LogP) is 1.88. The van der Waals surface area contributed by atoms with E-state index in [4.69, 9.17) is 9.84 Å². The van der Waals surface area contributed by atoms with Crippen LogP contribution in [0.2, 0.25) is 0 Å². The first kappa shape index (κ1) is 14.3. The van der Waals surface area contributed by atoms with Gasteiger partial charge in [-0.15, -0.1) is 0 Å². The number of fused-ring (bicyclic) bond motifs is 3. The Morgan fingerprint density at radius 2 is 2.14 bits per heavy atom. The Morgan fingerprint density at radius 3 is 2.77 bits per heavy atom. The van der Waals surface area contributed by atoms with E-state index in [0.717, 1.165) is 23.0 Å². The van der Waals surface area contributed by atoms with Gasteiger partial charge in [0.05, 0.1) is 7.11 Å². The maximum Gasteiger partial charge on any atom is 0.374 e. The Morgan fingerprint density at radius 1 is 1.36 bits per heavy atom. The van der Waals surface area contributed by atoms with Crippen molar-refractivity contribution in [3.05, 3.63) is 29.6 Å². The first-order valence-corrected chi connectivity index (χ1v) is 6.74. The van der Waals surface area contributed by atoms with E-state index in [2.05, 4.69) is 19.9 Å². The van der Waals surface area contributed by atoms with Gasteiger partial charge in [-0.1, -0.05) is 6.07 Å². The minimum absolute atomic E-state index is 0.229. The molecule has 7 nitrogen and oxygen atoms in total. The number of aromatic amines is 1. The highest BCUT2D eigenvalue weighted by Crippen LogP contribution is 2.30. The van der Waals surface area contributed by atoms with Crippen LogP contribution in [-0.4, -0.2) is 52.1 Å². The van der Waals surface area contributed by atoms with Crippen LogP contribution < -0.4 is 4.74 Å². The van der Waals surface area contributed by atoms with Crippen molar-refractivity contribution in [1.82, 2.24) is 19.9 Å². The Balaban J connectivity index is 2.30. The fourth-order valence-corrected chi connectivity index (χ4v) is 2.49. The number of rotatable bonds is 4. The predicted molar refractivity (Wildman–Crippen MR) is 82.3 cm³/mol. The summed E-state index contributed by atoms with van der Waals surface area (Å²) in [4.78, 5) is 24.5. The second-order valence-corrected chi connectivity index (χ2v) is 5.33. The summed E-state index contributed by atoms with van der Waals surface area (Å²) >= 11 is 0. The first-order valence-electron chi connectivity index (χ1n) is 6.74. The highest BCUT2D eigenvalue weighted by molar-refractivity contribution is 6.07. The summed E-state index contributed by atoms with van der Waals surface area (Å²) in [6.45, 7) is 0.788. The number of benzene rings is 1. The van der Waals surface area contributed by atoms with E-state index in [1.54, 1.807) is 0 Å². The standard InChI is InChI=1S/C15H16N4O3/c1-19(2)7-8-4-5-10-9(6-8)11-12(16-10)14(22-3)18-13(17-11)15(20)21/h4-6,16H,7H2,1-3H3,(H,20,21). The van der Waals surface area contributed by atoms with Gasteiger partial charge >= 0.3 is 5.97 Å². The zero-order valence-electron chi connectivity index (χ0n) is 12.5. The van der Waals surface area contributed by atoms with Gasteiger partial charge < -0.3 is 19.7 Å². The Labute approximate surface area is 126 Å². The fourth-order valence-electron chi connectivity index (χ4n) is 2.49. The van der Waals surface area contributed by atoms with Gasteiger partial charge in [-0.2, -0.15) is 4.98 Å². The number of aromatic carboxylic acids is 1. The van der Waals surface area contributed by atoms with Gasteiger partial charge in [0.2, 0.25) is 11.7 Å². The van der Waals surface area contributed by atoms with Gasteiger partial charge in [0.1, 0.15) is 11.0 Å². The lowest BCUT2D eigenvalue weighted by atomic mass is 10.1. The number of ether oxygens (including phenoxy) is 1. The molecule has 0 aliphatic heterocycles. The lowest BCUT2D eigenvalue weighted by Crippen LogP contribution is -2.10. The second kappa shape index (κ2) is 5.27. The third-order valence-corrected chi connectivity index (χ3v) is 3.36. The molecule has 3 rings (SSSR count). The molecule has 0 radical (unpaired) electrons. The van der Waals surface area contributed by atoms with Crippen molar-refractivity contribution in [1.29, 1.82) is 0 Å². The summed E-state index contributed by atoms with van der Waals surface area (Å²) < 4.78 is 5.19. The second-order valence-electron chi connectivity index (χ2n) is 5.33. The third kappa shape index (κ3) is 2.35. The molecule has 0 bridgehead atoms. The highest BCUT2D eigenvalue weighted by atomic mass is 16.5. The van der Waals surface area contributed by atoms with Crippen LogP contribution >= 0.6 is 0 Å². The Kier molecular flexibility index (Phi) is 3.42. The minimum atomic E-state index is -1.18. The van der Waals surface area contributed by atoms with E-state index in [1.807, 2.05) is 32.3 Å². The molecule has 3 aromatic rings. The molecule has 0 aliphatic rings. The van der Waals surface area contributed by atoms with E-state index < -0.39 is 5.97 Å². The summed E-state index contributed by atoms with van der Waals surface area (Å²) in [5.41, 5.74) is 3.14. The number of nitrogens with one attached hydrogen (secondary N) is 1. The summed E-state index contributed by atoms with van der Waals surface area (Å²) in [5.74, 6) is -1.23. The number of carboxylic acids is 1. The number of H-pyrrole nitrogens is 1. The largest absolute Gasteiger partial charge is 0.479 e. The maximum absolute atomic E-state index is 11.2. The zero-order valence-corrected chi connectivity index (χ0v) is 12.5. The molecule has 0 saturated carbocycles.